The number of hydrogen-bond acceptors (Lipinski definition) is 2. The van der Waals surface area contributed by atoms with Crippen molar-refractivity contribution in [1.29, 1.82) is 0 Å². The van der Waals surface area contributed by atoms with Crippen molar-refractivity contribution in [3.63, 3.8) is 0 Å². The molecule has 0 unspecified atom stereocenters. The van der Waals surface area contributed by atoms with Gasteiger partial charge >= 0.3 is 0 Å². The van der Waals surface area contributed by atoms with Crippen LogP contribution in [0.2, 0.25) is 0 Å². The quantitative estimate of drug-likeness (QED) is 0.165. The Hall–Kier alpha value is -8.29. The van der Waals surface area contributed by atoms with E-state index < -0.39 is 16.1 Å². The molecule has 1 aromatic heterocycles. The van der Waals surface area contributed by atoms with Crippen molar-refractivity contribution in [2.45, 2.75) is 6.42 Å². The van der Waals surface area contributed by atoms with Gasteiger partial charge < -0.3 is 0 Å². The van der Waals surface area contributed by atoms with Crippen molar-refractivity contribution in [1.82, 2.24) is 9.97 Å². The molecule has 16 rings (SSSR count). The molecule has 0 radical (unpaired) electrons. The number of aromatic nitrogens is 2. The summed E-state index contributed by atoms with van der Waals surface area (Å²) in [5, 5.41) is 11.9. The maximum atomic E-state index is 5.58. The summed E-state index contributed by atoms with van der Waals surface area (Å²) < 4.78 is 0. The second-order valence-electron chi connectivity index (χ2n) is 19.4. The highest BCUT2D eigenvalue weighted by Crippen LogP contribution is 2.47. The molecule has 69 heavy (non-hydrogen) atoms. The first-order valence-corrected chi connectivity index (χ1v) is 28.2. The van der Waals surface area contributed by atoms with E-state index in [2.05, 4.69) is 231 Å². The predicted octanol–water partition coefficient (Wildman–Crippen LogP) is 9.73. The first kappa shape index (κ1) is 37.8. The van der Waals surface area contributed by atoms with Crippen LogP contribution in [0.4, 0.5) is 0 Å². The second-order valence-corrected chi connectivity index (χ2v) is 26.7. The molecular formula is C65H40N2Si2. The highest BCUT2D eigenvalue weighted by atomic mass is 28.3. The normalized spacial score (nSPS) is 14.6. The zero-order valence-electron chi connectivity index (χ0n) is 37.5. The SMILES string of the molecule is c1ccc(-c2nc(-c3ccc4c(c3)-c3ccccc3[Si]43c4ccccc4-c4ccccc43)c3c(n2)-c2cccc(-c4ccc5c(c4)[Si]4(c6ccccc6-c6ccccc64)c4ccccc4-5)c2C3)cc1. The molecule has 1 aliphatic carbocycles. The minimum Gasteiger partial charge on any atom is -0.228 e. The Morgan fingerprint density at radius 2 is 0.652 bits per heavy atom. The van der Waals surface area contributed by atoms with Gasteiger partial charge in [0.1, 0.15) is 0 Å². The predicted molar refractivity (Wildman–Crippen MR) is 290 cm³/mol. The average Bonchev–Trinajstić information content (AvgIpc) is 4.19. The Kier molecular flexibility index (Phi) is 7.48. The van der Waals surface area contributed by atoms with E-state index >= 15 is 0 Å². The molecule has 11 aromatic rings. The van der Waals surface area contributed by atoms with Crippen LogP contribution in [0.1, 0.15) is 11.1 Å². The van der Waals surface area contributed by atoms with Crippen LogP contribution in [-0.4, -0.2) is 26.1 Å². The lowest BCUT2D eigenvalue weighted by Crippen LogP contribution is -2.70. The zero-order chi connectivity index (χ0) is 45.0. The Morgan fingerprint density at radius 1 is 0.246 bits per heavy atom. The van der Waals surface area contributed by atoms with Gasteiger partial charge in [-0.3, -0.25) is 0 Å². The molecule has 2 spiro atoms. The smallest absolute Gasteiger partial charge is 0.182 e. The van der Waals surface area contributed by atoms with Gasteiger partial charge in [0, 0.05) is 28.7 Å². The molecular weight excluding hydrogens is 865 g/mol. The van der Waals surface area contributed by atoms with E-state index in [0.717, 1.165) is 34.8 Å². The molecule has 10 aromatic carbocycles. The Labute approximate surface area is 403 Å². The fraction of sp³-hybridized carbons (Fsp3) is 0.0154. The van der Waals surface area contributed by atoms with E-state index in [1.807, 2.05) is 0 Å². The lowest BCUT2D eigenvalue weighted by atomic mass is 9.94. The van der Waals surface area contributed by atoms with Gasteiger partial charge in [-0.1, -0.05) is 224 Å². The van der Waals surface area contributed by atoms with E-state index in [9.17, 15) is 0 Å². The van der Waals surface area contributed by atoms with Crippen molar-refractivity contribution < 1.29 is 0 Å². The summed E-state index contributed by atoms with van der Waals surface area (Å²) in [5.74, 6) is 0.759. The van der Waals surface area contributed by atoms with E-state index in [-0.39, 0.29) is 0 Å². The van der Waals surface area contributed by atoms with Crippen LogP contribution >= 0.6 is 0 Å². The molecule has 4 heteroatoms. The molecule has 0 fully saturated rings. The summed E-state index contributed by atoms with van der Waals surface area (Å²) in [5.41, 5.74) is 21.4. The summed E-state index contributed by atoms with van der Waals surface area (Å²) >= 11 is 0. The summed E-state index contributed by atoms with van der Waals surface area (Å²) in [4.78, 5) is 11.1. The van der Waals surface area contributed by atoms with E-state index in [1.54, 1.807) is 0 Å². The highest BCUT2D eigenvalue weighted by Gasteiger charge is 2.55. The van der Waals surface area contributed by atoms with Crippen molar-refractivity contribution in [3.8, 4) is 89.5 Å². The fourth-order valence-electron chi connectivity index (χ4n) is 13.8. The summed E-state index contributed by atoms with van der Waals surface area (Å²) in [6, 6.07) is 87.4. The third-order valence-electron chi connectivity index (χ3n) is 16.4. The summed E-state index contributed by atoms with van der Waals surface area (Å²) in [6.07, 6.45) is 0.754. The Bertz CT molecular complexity index is 3970. The monoisotopic (exact) mass is 904 g/mol. The molecule has 0 saturated heterocycles. The minimum atomic E-state index is -2.61. The number of fused-ring (bicyclic) bond motifs is 23. The van der Waals surface area contributed by atoms with E-state index in [0.29, 0.717) is 0 Å². The van der Waals surface area contributed by atoms with Gasteiger partial charge in [-0.25, -0.2) is 9.97 Å². The molecule has 318 valence electrons. The van der Waals surface area contributed by atoms with Crippen LogP contribution in [0.3, 0.4) is 0 Å². The Balaban J connectivity index is 0.888. The van der Waals surface area contributed by atoms with Crippen LogP contribution in [0.15, 0.2) is 231 Å². The van der Waals surface area contributed by atoms with Crippen LogP contribution in [0.5, 0.6) is 0 Å². The second kappa shape index (κ2) is 13.7. The molecule has 0 atom stereocenters. The molecule has 4 aliphatic heterocycles. The van der Waals surface area contributed by atoms with Gasteiger partial charge in [-0.15, -0.1) is 0 Å². The van der Waals surface area contributed by atoms with E-state index in [4.69, 9.17) is 9.97 Å². The van der Waals surface area contributed by atoms with Gasteiger partial charge in [0.25, 0.3) is 0 Å². The van der Waals surface area contributed by atoms with Gasteiger partial charge in [0.2, 0.25) is 0 Å². The van der Waals surface area contributed by atoms with Crippen molar-refractivity contribution in [2.24, 2.45) is 0 Å². The average molecular weight is 905 g/mol. The molecule has 0 amide bonds. The molecule has 0 saturated carbocycles. The van der Waals surface area contributed by atoms with Crippen LogP contribution in [-0.2, 0) is 6.42 Å². The number of hydrogen-bond donors (Lipinski definition) is 0. The molecule has 0 N–H and O–H groups in total. The van der Waals surface area contributed by atoms with Gasteiger partial charge in [-0.2, -0.15) is 0 Å². The molecule has 5 heterocycles. The lowest BCUT2D eigenvalue weighted by Gasteiger charge is -2.28. The van der Waals surface area contributed by atoms with Crippen molar-refractivity contribution >= 4 is 57.6 Å². The molecule has 0 bridgehead atoms. The lowest BCUT2D eigenvalue weighted by molar-refractivity contribution is 1.13. The van der Waals surface area contributed by atoms with Crippen molar-refractivity contribution in [2.75, 3.05) is 0 Å². The highest BCUT2D eigenvalue weighted by molar-refractivity contribution is 7.25. The first-order chi connectivity index (χ1) is 34.2. The van der Waals surface area contributed by atoms with Crippen LogP contribution in [0.25, 0.3) is 89.5 Å². The zero-order valence-corrected chi connectivity index (χ0v) is 39.5. The van der Waals surface area contributed by atoms with Crippen LogP contribution < -0.4 is 41.5 Å². The molecule has 2 nitrogen and oxygen atoms in total. The largest absolute Gasteiger partial charge is 0.228 e. The maximum Gasteiger partial charge on any atom is 0.182 e. The van der Waals surface area contributed by atoms with Crippen molar-refractivity contribution in [3.05, 3.63) is 242 Å². The third-order valence-corrected chi connectivity index (χ3v) is 26.3. The summed E-state index contributed by atoms with van der Waals surface area (Å²) in [6.45, 7) is 0. The van der Waals surface area contributed by atoms with Gasteiger partial charge in [0.15, 0.2) is 22.0 Å². The first-order valence-electron chi connectivity index (χ1n) is 24.2. The Morgan fingerprint density at radius 3 is 1.20 bits per heavy atom. The van der Waals surface area contributed by atoms with Gasteiger partial charge in [-0.05, 0) is 109 Å². The van der Waals surface area contributed by atoms with Crippen LogP contribution in [0, 0.1) is 0 Å². The number of benzene rings is 10. The topological polar surface area (TPSA) is 25.8 Å². The number of rotatable bonds is 3. The standard InChI is InChI=1S/C65H40N2Si2/c1-2-17-40(18-3-1)65-66-63(42-34-36-61-53(37-42)49-24-9-15-32-60(49)68(61)55-27-10-4-19-44(55)45-20-5-11-28-56(45)68)54-39-52-43(25-16-26-51(52)64(54)67-65)41-33-35-50-48-23-8-14-31-59(48)69(62(50)38-41)57-29-12-6-21-46(57)47-22-7-13-30-58(47)69/h1-38H,39H2. The number of nitrogens with zero attached hydrogens (tertiary/aromatic N) is 2. The third kappa shape index (κ3) is 4.70. The maximum absolute atomic E-state index is 5.58. The fourth-order valence-corrected chi connectivity index (χ4v) is 25.0. The van der Waals surface area contributed by atoms with E-state index in [1.165, 1.54) is 114 Å². The van der Waals surface area contributed by atoms with Gasteiger partial charge in [0.05, 0.1) is 11.4 Å². The summed E-state index contributed by atoms with van der Waals surface area (Å²) in [7, 11) is -5.17. The minimum absolute atomic E-state index is 0.754. The molecule has 5 aliphatic rings.